The molecule has 1 saturated carbocycles. The lowest BCUT2D eigenvalue weighted by Crippen LogP contribution is -2.50. The zero-order chi connectivity index (χ0) is 28.3. The van der Waals surface area contributed by atoms with E-state index in [-0.39, 0.29) is 35.8 Å². The maximum atomic E-state index is 13.6. The minimum absolute atomic E-state index is 0.0181. The number of amides is 2. The van der Waals surface area contributed by atoms with Crippen LogP contribution in [-0.2, 0) is 18.4 Å². The quantitative estimate of drug-likeness (QED) is 0.427. The Kier molecular flexibility index (Phi) is 5.85. The number of hydrogen-bond acceptors (Lipinski definition) is 7. The van der Waals surface area contributed by atoms with Gasteiger partial charge in [-0.2, -0.15) is 23.5 Å². The number of carbonyl (C=O) groups excluding carboxylic acids is 2. The Hall–Kier alpha value is -4.44. The maximum Gasteiger partial charge on any atom is 0.422 e. The van der Waals surface area contributed by atoms with Gasteiger partial charge in [0.15, 0.2) is 12.4 Å². The molecule has 0 saturated heterocycles. The molecule has 40 heavy (non-hydrogen) atoms. The lowest BCUT2D eigenvalue weighted by atomic mass is 9.82. The molecule has 3 aliphatic rings. The minimum atomic E-state index is -4.46. The first-order valence-corrected chi connectivity index (χ1v) is 12.6. The number of fused-ring (bicyclic) bond motifs is 3. The van der Waals surface area contributed by atoms with Crippen molar-refractivity contribution in [3.8, 4) is 17.6 Å². The molecule has 13 heteroatoms. The Morgan fingerprint density at radius 1 is 1.25 bits per heavy atom. The third-order valence-corrected chi connectivity index (χ3v) is 7.54. The number of hydrogen-bond donors (Lipinski definition) is 3. The summed E-state index contributed by atoms with van der Waals surface area (Å²) >= 11 is 0. The summed E-state index contributed by atoms with van der Waals surface area (Å²) in [6.45, 7) is -1.38. The molecule has 3 heterocycles. The number of ether oxygens (including phenoxy) is 1. The number of rotatable bonds is 6. The molecule has 10 nitrogen and oxygen atoms in total. The number of nitrogens with zero attached hydrogens (tertiary/aromatic N) is 4. The third kappa shape index (κ3) is 4.64. The molecule has 2 amide bonds. The number of aromatic nitrogens is 3. The minimum Gasteiger partial charge on any atom is -0.484 e. The average Bonchev–Trinajstić information content (AvgIpc) is 3.39. The van der Waals surface area contributed by atoms with Crippen LogP contribution in [0.2, 0.25) is 0 Å². The summed E-state index contributed by atoms with van der Waals surface area (Å²) in [5, 5.41) is 29.7. The molecule has 1 fully saturated rings. The van der Waals surface area contributed by atoms with E-state index >= 15 is 0 Å². The average molecular weight is 553 g/mol. The van der Waals surface area contributed by atoms with Crippen LogP contribution in [0.3, 0.4) is 0 Å². The predicted octanol–water partition coefficient (Wildman–Crippen LogP) is 2.46. The molecule has 1 spiro atoms. The molecule has 1 aromatic carbocycles. The van der Waals surface area contributed by atoms with E-state index in [2.05, 4.69) is 20.7 Å². The highest BCUT2D eigenvalue weighted by molar-refractivity contribution is 6.08. The second-order valence-corrected chi connectivity index (χ2v) is 10.4. The fourth-order valence-corrected chi connectivity index (χ4v) is 5.33. The number of alkyl halides is 3. The molecule has 1 aliphatic heterocycles. The van der Waals surface area contributed by atoms with Gasteiger partial charge in [-0.25, -0.2) is 9.67 Å². The lowest BCUT2D eigenvalue weighted by Gasteiger charge is -2.35. The number of carbonyl (C=O) groups is 2. The number of aryl methyl sites for hydroxylation is 1. The molecule has 2 aromatic heterocycles. The highest BCUT2D eigenvalue weighted by Crippen LogP contribution is 2.44. The van der Waals surface area contributed by atoms with Crippen LogP contribution in [0, 0.1) is 11.3 Å². The SMILES string of the molecule is N#Cc1ccc(-n2nc3c(c2C(=O)NCC2(O)CC2)C(=O)N[C@@]2(CCc4cc(OCC(F)(F)F)ccc42)C3)nc1. The Labute approximate surface area is 225 Å². The van der Waals surface area contributed by atoms with Gasteiger partial charge in [-0.05, 0) is 61.1 Å². The Morgan fingerprint density at radius 2 is 2.05 bits per heavy atom. The fourth-order valence-electron chi connectivity index (χ4n) is 5.33. The molecular formula is C27H23F3N6O4. The van der Waals surface area contributed by atoms with Crippen molar-refractivity contribution in [1.29, 1.82) is 5.26 Å². The molecule has 2 aliphatic carbocycles. The predicted molar refractivity (Wildman–Crippen MR) is 132 cm³/mol. The van der Waals surface area contributed by atoms with E-state index < -0.39 is 35.7 Å². The molecule has 206 valence electrons. The van der Waals surface area contributed by atoms with Gasteiger partial charge in [-0.3, -0.25) is 9.59 Å². The van der Waals surface area contributed by atoms with Crippen molar-refractivity contribution in [2.75, 3.05) is 13.2 Å². The number of nitrogens with one attached hydrogen (secondary N) is 2. The second-order valence-electron chi connectivity index (χ2n) is 10.4. The molecular weight excluding hydrogens is 529 g/mol. The van der Waals surface area contributed by atoms with Gasteiger partial charge in [0.05, 0.1) is 28.0 Å². The van der Waals surface area contributed by atoms with Crippen LogP contribution in [0.5, 0.6) is 5.75 Å². The molecule has 6 rings (SSSR count). The van der Waals surface area contributed by atoms with Gasteiger partial charge >= 0.3 is 6.18 Å². The van der Waals surface area contributed by atoms with Gasteiger partial charge in [-0.15, -0.1) is 0 Å². The molecule has 0 bridgehead atoms. The normalized spacial score (nSPS) is 20.3. The number of pyridine rings is 1. The van der Waals surface area contributed by atoms with Crippen molar-refractivity contribution >= 4 is 11.8 Å². The smallest absolute Gasteiger partial charge is 0.422 e. The summed E-state index contributed by atoms with van der Waals surface area (Å²) in [6.07, 6.45) is -0.794. The summed E-state index contributed by atoms with van der Waals surface area (Å²) in [7, 11) is 0. The summed E-state index contributed by atoms with van der Waals surface area (Å²) in [6, 6.07) is 9.67. The van der Waals surface area contributed by atoms with Gasteiger partial charge in [0.1, 0.15) is 17.5 Å². The topological polar surface area (TPSA) is 142 Å². The van der Waals surface area contributed by atoms with Gasteiger partial charge in [0.2, 0.25) is 0 Å². The molecule has 0 unspecified atom stereocenters. The van der Waals surface area contributed by atoms with E-state index in [1.165, 1.54) is 29.1 Å². The Bertz CT molecular complexity index is 1570. The lowest BCUT2D eigenvalue weighted by molar-refractivity contribution is -0.153. The van der Waals surface area contributed by atoms with Gasteiger partial charge in [0, 0.05) is 19.2 Å². The highest BCUT2D eigenvalue weighted by atomic mass is 19.4. The molecule has 0 radical (unpaired) electrons. The number of halogens is 3. The van der Waals surface area contributed by atoms with Crippen LogP contribution < -0.4 is 15.4 Å². The van der Waals surface area contributed by atoms with Gasteiger partial charge in [0.25, 0.3) is 11.8 Å². The standard InChI is InChI=1S/C27H23F3N6O4/c28-27(29,30)14-40-17-2-3-18-16(9-17)5-6-26(18)10-19-21(23(37)34-26)22(24(38)33-13-25(39)7-8-25)36(35-19)20-4-1-15(11-31)12-32-20/h1-4,9,12,39H,5-8,10,13-14H2,(H,33,38)(H,34,37)/t26-/m0/s1. The first-order chi connectivity index (χ1) is 19.0. The largest absolute Gasteiger partial charge is 0.484 e. The summed E-state index contributed by atoms with van der Waals surface area (Å²) < 4.78 is 44.0. The number of benzene rings is 1. The zero-order valence-corrected chi connectivity index (χ0v) is 21.0. The van der Waals surface area contributed by atoms with Crippen molar-refractivity contribution in [3.63, 3.8) is 0 Å². The van der Waals surface area contributed by atoms with Crippen molar-refractivity contribution < 1.29 is 32.6 Å². The highest BCUT2D eigenvalue weighted by Gasteiger charge is 2.48. The van der Waals surface area contributed by atoms with Crippen molar-refractivity contribution in [2.45, 2.75) is 49.4 Å². The summed E-state index contributed by atoms with van der Waals surface area (Å²) in [5.41, 5.74) is 0.377. The van der Waals surface area contributed by atoms with Crippen LogP contribution in [0.15, 0.2) is 36.5 Å². The molecule has 1 atom stereocenters. The van der Waals surface area contributed by atoms with E-state index in [1.807, 2.05) is 6.07 Å². The van der Waals surface area contributed by atoms with E-state index in [0.29, 0.717) is 36.9 Å². The number of aliphatic hydroxyl groups is 1. The fraction of sp³-hybridized carbons (Fsp3) is 0.370. The van der Waals surface area contributed by atoms with Crippen LogP contribution in [0.4, 0.5) is 13.2 Å². The van der Waals surface area contributed by atoms with E-state index in [4.69, 9.17) is 10.00 Å². The maximum absolute atomic E-state index is 13.6. The van der Waals surface area contributed by atoms with Crippen LogP contribution in [0.1, 0.15) is 62.5 Å². The third-order valence-electron chi connectivity index (χ3n) is 7.54. The second kappa shape index (κ2) is 9.06. The summed E-state index contributed by atoms with van der Waals surface area (Å²) in [4.78, 5) is 31.2. The van der Waals surface area contributed by atoms with Crippen molar-refractivity contribution in [3.05, 3.63) is 70.2 Å². The van der Waals surface area contributed by atoms with Crippen molar-refractivity contribution in [2.24, 2.45) is 0 Å². The van der Waals surface area contributed by atoms with Crippen LogP contribution in [-0.4, -0.2) is 56.6 Å². The first kappa shape index (κ1) is 25.8. The van der Waals surface area contributed by atoms with Gasteiger partial charge < -0.3 is 20.5 Å². The zero-order valence-electron chi connectivity index (χ0n) is 21.0. The molecule has 3 aromatic rings. The summed E-state index contributed by atoms with van der Waals surface area (Å²) in [5.74, 6) is -0.821. The van der Waals surface area contributed by atoms with Crippen LogP contribution >= 0.6 is 0 Å². The monoisotopic (exact) mass is 552 g/mol. The van der Waals surface area contributed by atoms with Gasteiger partial charge in [-0.1, -0.05) is 6.07 Å². The van der Waals surface area contributed by atoms with E-state index in [0.717, 1.165) is 11.1 Å². The van der Waals surface area contributed by atoms with Crippen molar-refractivity contribution in [1.82, 2.24) is 25.4 Å². The number of nitriles is 1. The molecule has 3 N–H and O–H groups in total. The van der Waals surface area contributed by atoms with E-state index in [1.54, 1.807) is 12.1 Å². The van der Waals surface area contributed by atoms with Crippen LogP contribution in [0.25, 0.3) is 5.82 Å². The first-order valence-electron chi connectivity index (χ1n) is 12.6. The van der Waals surface area contributed by atoms with E-state index in [9.17, 15) is 27.9 Å². The Balaban J connectivity index is 1.36. The Morgan fingerprint density at radius 3 is 2.73 bits per heavy atom.